The molecule has 0 fully saturated rings. The molecule has 0 amide bonds. The molecule has 0 saturated heterocycles. The second-order valence-electron chi connectivity index (χ2n) is 3.63. The summed E-state index contributed by atoms with van der Waals surface area (Å²) in [5, 5.41) is 14.2. The van der Waals surface area contributed by atoms with Gasteiger partial charge in [0.1, 0.15) is 0 Å². The van der Waals surface area contributed by atoms with Crippen molar-refractivity contribution in [1.29, 1.82) is 0 Å². The minimum atomic E-state index is -1.05. The maximum atomic E-state index is 11.2. The number of nitrogens with one attached hydrogen (secondary N) is 1. The molecule has 5 heteroatoms. The van der Waals surface area contributed by atoms with Crippen molar-refractivity contribution in [3.05, 3.63) is 37.1 Å². The summed E-state index contributed by atoms with van der Waals surface area (Å²) in [7, 11) is 0. The van der Waals surface area contributed by atoms with Crippen molar-refractivity contribution in [3.63, 3.8) is 0 Å². The molecule has 1 rings (SSSR count). The van der Waals surface area contributed by atoms with Crippen molar-refractivity contribution in [1.82, 2.24) is 5.32 Å². The standard InChI is InChI=1S/C12H17NO2S.W/c1-3-12(4-2,11(14)15)13-10-6-5-8-16-9-7-10;/h6-7,9,13H,1-5,8H2,(H,14,15);/q-2;+2. The van der Waals surface area contributed by atoms with Gasteiger partial charge in [-0.15, -0.1) is 24.6 Å². The Labute approximate surface area is 121 Å². The van der Waals surface area contributed by atoms with Crippen LogP contribution in [0.1, 0.15) is 19.3 Å². The van der Waals surface area contributed by atoms with Gasteiger partial charge in [-0.05, 0) is 17.9 Å². The summed E-state index contributed by atoms with van der Waals surface area (Å²) >= 11 is 1.72. The number of carbonyl (C=O) groups is 1. The fraction of sp³-hybridized carbons (Fsp3) is 0.417. The molecule has 1 aliphatic heterocycles. The van der Waals surface area contributed by atoms with Crippen LogP contribution in [0.4, 0.5) is 0 Å². The second-order valence-corrected chi connectivity index (χ2v) is 4.65. The Morgan fingerprint density at radius 3 is 2.71 bits per heavy atom. The van der Waals surface area contributed by atoms with Gasteiger partial charge < -0.3 is 24.3 Å². The van der Waals surface area contributed by atoms with Crippen LogP contribution in [0, 0.1) is 13.8 Å². The van der Waals surface area contributed by atoms with E-state index in [1.54, 1.807) is 11.8 Å². The third kappa shape index (κ3) is 4.51. The molecule has 0 unspecified atom stereocenters. The van der Waals surface area contributed by atoms with Gasteiger partial charge in [0.2, 0.25) is 0 Å². The maximum Gasteiger partial charge on any atom is 2.00 e. The van der Waals surface area contributed by atoms with Crippen molar-refractivity contribution < 1.29 is 31.0 Å². The van der Waals surface area contributed by atoms with Crippen molar-refractivity contribution in [2.75, 3.05) is 5.75 Å². The van der Waals surface area contributed by atoms with E-state index >= 15 is 0 Å². The van der Waals surface area contributed by atoms with Crippen molar-refractivity contribution in [3.8, 4) is 0 Å². The number of carboxylic acid groups (broad SMARTS) is 1. The van der Waals surface area contributed by atoms with Crippen LogP contribution in [-0.4, -0.2) is 22.4 Å². The first kappa shape index (κ1) is 16.8. The first-order valence-electron chi connectivity index (χ1n) is 5.23. The quantitative estimate of drug-likeness (QED) is 0.668. The Morgan fingerprint density at radius 1 is 1.53 bits per heavy atom. The minimum Gasteiger partial charge on any atom is -0.480 e. The van der Waals surface area contributed by atoms with Crippen LogP contribution in [0.15, 0.2) is 23.3 Å². The molecule has 0 spiro atoms. The summed E-state index contributed by atoms with van der Waals surface area (Å²) in [5.41, 5.74) is -0.203. The second kappa shape index (κ2) is 7.99. The molecule has 3 nitrogen and oxygen atoms in total. The fourth-order valence-electron chi connectivity index (χ4n) is 1.43. The molecule has 0 saturated carbocycles. The average molecular weight is 423 g/mol. The molecule has 0 aromatic heterocycles. The summed E-state index contributed by atoms with van der Waals surface area (Å²) in [5.74, 6) is 0.125. The monoisotopic (exact) mass is 423 g/mol. The zero-order chi connectivity index (χ0) is 12.0. The van der Waals surface area contributed by atoms with E-state index in [4.69, 9.17) is 0 Å². The van der Waals surface area contributed by atoms with Crippen LogP contribution in [0.5, 0.6) is 0 Å². The van der Waals surface area contributed by atoms with Crippen LogP contribution in [0.2, 0.25) is 0 Å². The van der Waals surface area contributed by atoms with Gasteiger partial charge in [0.25, 0.3) is 0 Å². The molecule has 0 radical (unpaired) electrons. The Bertz CT molecular complexity index is 312. The largest absolute Gasteiger partial charge is 2.00 e. The number of thioether (sulfide) groups is 1. The molecule has 0 aromatic rings. The molecule has 0 aliphatic carbocycles. The van der Waals surface area contributed by atoms with Crippen LogP contribution in [-0.2, 0) is 25.9 Å². The number of hydrogen-bond acceptors (Lipinski definition) is 3. The van der Waals surface area contributed by atoms with Gasteiger partial charge in [-0.25, -0.2) is 4.79 Å². The summed E-state index contributed by atoms with van der Waals surface area (Å²) in [6, 6.07) is 0. The Kier molecular flexibility index (Phi) is 7.89. The van der Waals surface area contributed by atoms with Crippen LogP contribution in [0.3, 0.4) is 0 Å². The number of carboxylic acids is 1. The normalized spacial score (nSPS) is 15.5. The maximum absolute atomic E-state index is 11.2. The van der Waals surface area contributed by atoms with Crippen molar-refractivity contribution >= 4 is 17.7 Å². The Hall–Kier alpha value is -0.212. The molecule has 2 N–H and O–H groups in total. The van der Waals surface area contributed by atoms with Gasteiger partial charge in [-0.2, -0.15) is 0 Å². The zero-order valence-corrected chi connectivity index (χ0v) is 13.4. The summed E-state index contributed by atoms with van der Waals surface area (Å²) in [6.07, 6.45) is 5.39. The van der Waals surface area contributed by atoms with Crippen LogP contribution < -0.4 is 5.32 Å². The van der Waals surface area contributed by atoms with E-state index in [-0.39, 0.29) is 33.9 Å². The molecule has 17 heavy (non-hydrogen) atoms. The molecule has 0 aromatic carbocycles. The van der Waals surface area contributed by atoms with Gasteiger partial charge in [-0.3, -0.25) is 0 Å². The van der Waals surface area contributed by atoms with Crippen LogP contribution in [0.25, 0.3) is 0 Å². The van der Waals surface area contributed by atoms with E-state index < -0.39 is 11.5 Å². The summed E-state index contributed by atoms with van der Waals surface area (Å²) < 4.78 is 0. The molecule has 0 bridgehead atoms. The average Bonchev–Trinajstić information content (AvgIpc) is 2.54. The van der Waals surface area contributed by atoms with Crippen molar-refractivity contribution in [2.24, 2.45) is 0 Å². The molecule has 1 aliphatic rings. The van der Waals surface area contributed by atoms with E-state index in [1.165, 1.54) is 0 Å². The van der Waals surface area contributed by atoms with Crippen molar-refractivity contribution in [2.45, 2.75) is 24.8 Å². The summed E-state index contributed by atoms with van der Waals surface area (Å²) in [6.45, 7) is 7.40. The van der Waals surface area contributed by atoms with Gasteiger partial charge in [0, 0.05) is 11.4 Å². The Balaban J connectivity index is 0.00000256. The minimum absolute atomic E-state index is 0. The third-order valence-corrected chi connectivity index (χ3v) is 3.39. The Morgan fingerprint density at radius 2 is 2.18 bits per heavy atom. The molecular weight excluding hydrogens is 406 g/mol. The predicted molar refractivity (Wildman–Crippen MR) is 67.7 cm³/mol. The van der Waals surface area contributed by atoms with E-state index in [0.29, 0.717) is 0 Å². The predicted octanol–water partition coefficient (Wildman–Crippen LogP) is 2.38. The number of rotatable bonds is 5. The summed E-state index contributed by atoms with van der Waals surface area (Å²) in [4.78, 5) is 11.2. The molecule has 94 valence electrons. The third-order valence-electron chi connectivity index (χ3n) is 2.59. The SMILES string of the molecule is [CH2-]CC(C[CH2-])(NC1=CCCSC=C1)C(=O)O.[W+2]. The van der Waals surface area contributed by atoms with Gasteiger partial charge >= 0.3 is 27.0 Å². The molecule has 1 heterocycles. The first-order valence-corrected chi connectivity index (χ1v) is 6.28. The number of allylic oxidation sites excluding steroid dienone is 2. The molecular formula is C12H17NO2SW. The number of aliphatic carboxylic acids is 1. The van der Waals surface area contributed by atoms with Gasteiger partial charge in [-0.1, -0.05) is 6.08 Å². The van der Waals surface area contributed by atoms with E-state index in [2.05, 4.69) is 19.2 Å². The van der Waals surface area contributed by atoms with Gasteiger partial charge in [0.05, 0.1) is 5.54 Å². The smallest absolute Gasteiger partial charge is 0.480 e. The molecule has 0 atom stereocenters. The first-order chi connectivity index (χ1) is 7.64. The number of hydrogen-bond donors (Lipinski definition) is 2. The van der Waals surface area contributed by atoms with E-state index in [0.717, 1.165) is 17.9 Å². The zero-order valence-electron chi connectivity index (χ0n) is 9.65. The topological polar surface area (TPSA) is 49.3 Å². The van der Waals surface area contributed by atoms with E-state index in [1.807, 2.05) is 17.6 Å². The van der Waals surface area contributed by atoms with Gasteiger partial charge in [0.15, 0.2) is 0 Å². The van der Waals surface area contributed by atoms with Crippen LogP contribution >= 0.6 is 11.8 Å². The fourth-order valence-corrected chi connectivity index (χ4v) is 2.06. The van der Waals surface area contributed by atoms with E-state index in [9.17, 15) is 9.90 Å².